The molecule has 0 aliphatic rings. The maximum Gasteiger partial charge on any atom is 0.244 e. The van der Waals surface area contributed by atoms with Gasteiger partial charge in [0.05, 0.1) is 18.3 Å². The van der Waals surface area contributed by atoms with E-state index in [9.17, 15) is 4.79 Å². The lowest BCUT2D eigenvalue weighted by atomic mass is 10.2. The number of aromatic nitrogens is 1. The van der Waals surface area contributed by atoms with Gasteiger partial charge >= 0.3 is 0 Å². The molecule has 2 heterocycles. The summed E-state index contributed by atoms with van der Waals surface area (Å²) < 4.78 is 0. The highest BCUT2D eigenvalue weighted by Crippen LogP contribution is 2.25. The number of aliphatic hydroxyl groups is 1. The molecule has 118 valence electrons. The highest BCUT2D eigenvalue weighted by Gasteiger charge is 2.16. The monoisotopic (exact) mass is 336 g/mol. The lowest BCUT2D eigenvalue weighted by molar-refractivity contribution is -0.117. The Hall–Kier alpha value is -1.50. The molecule has 1 amide bonds. The van der Waals surface area contributed by atoms with Gasteiger partial charge in [0.15, 0.2) is 0 Å². The van der Waals surface area contributed by atoms with Crippen LogP contribution in [-0.2, 0) is 11.4 Å². The molecule has 2 rings (SSSR count). The minimum Gasteiger partial charge on any atom is -0.392 e. The Kier molecular flexibility index (Phi) is 5.88. The first-order chi connectivity index (χ1) is 10.5. The van der Waals surface area contributed by atoms with Gasteiger partial charge in [-0.3, -0.25) is 4.79 Å². The molecule has 22 heavy (non-hydrogen) atoms. The SMILES string of the molecule is CCC(NC(=O)/C=C/c1cc(CO)cs1)c1nc(C)c(C)s1. The first kappa shape index (κ1) is 16.9. The Bertz CT molecular complexity index is 654. The van der Waals surface area contributed by atoms with Gasteiger partial charge < -0.3 is 10.4 Å². The zero-order chi connectivity index (χ0) is 16.1. The molecule has 0 aliphatic heterocycles. The van der Waals surface area contributed by atoms with E-state index in [0.717, 1.165) is 27.6 Å². The van der Waals surface area contributed by atoms with Crippen molar-refractivity contribution in [3.63, 3.8) is 0 Å². The van der Waals surface area contributed by atoms with Crippen molar-refractivity contribution in [3.8, 4) is 0 Å². The van der Waals surface area contributed by atoms with Gasteiger partial charge in [-0.2, -0.15) is 0 Å². The Morgan fingerprint density at radius 2 is 2.27 bits per heavy atom. The topological polar surface area (TPSA) is 62.2 Å². The van der Waals surface area contributed by atoms with Crippen molar-refractivity contribution < 1.29 is 9.90 Å². The number of thiophene rings is 1. The Morgan fingerprint density at radius 3 is 2.82 bits per heavy atom. The maximum atomic E-state index is 12.1. The van der Waals surface area contributed by atoms with Crippen LogP contribution in [0.25, 0.3) is 6.08 Å². The van der Waals surface area contributed by atoms with E-state index >= 15 is 0 Å². The number of aryl methyl sites for hydroxylation is 2. The third-order valence-electron chi connectivity index (χ3n) is 3.32. The molecule has 0 radical (unpaired) electrons. The number of amides is 1. The van der Waals surface area contributed by atoms with Crippen LogP contribution >= 0.6 is 22.7 Å². The first-order valence-electron chi connectivity index (χ1n) is 7.14. The predicted octanol–water partition coefficient (Wildman–Crippen LogP) is 3.59. The summed E-state index contributed by atoms with van der Waals surface area (Å²) in [7, 11) is 0. The second-order valence-corrected chi connectivity index (χ2v) is 7.19. The van der Waals surface area contributed by atoms with Crippen LogP contribution in [0.2, 0.25) is 0 Å². The van der Waals surface area contributed by atoms with Gasteiger partial charge in [0.2, 0.25) is 5.91 Å². The van der Waals surface area contributed by atoms with Crippen LogP contribution in [0.4, 0.5) is 0 Å². The molecule has 1 atom stereocenters. The van der Waals surface area contributed by atoms with Crippen LogP contribution in [0.3, 0.4) is 0 Å². The quantitative estimate of drug-likeness (QED) is 0.792. The van der Waals surface area contributed by atoms with Crippen LogP contribution in [0.1, 0.15) is 45.4 Å². The molecule has 0 saturated carbocycles. The summed E-state index contributed by atoms with van der Waals surface area (Å²) in [5.41, 5.74) is 1.89. The van der Waals surface area contributed by atoms with Gasteiger partial charge in [-0.25, -0.2) is 4.98 Å². The summed E-state index contributed by atoms with van der Waals surface area (Å²) in [4.78, 5) is 18.7. The molecule has 2 N–H and O–H groups in total. The van der Waals surface area contributed by atoms with Gasteiger partial charge in [0, 0.05) is 15.8 Å². The van der Waals surface area contributed by atoms with Crippen molar-refractivity contribution >= 4 is 34.7 Å². The second-order valence-electron chi connectivity index (χ2n) is 5.01. The van der Waals surface area contributed by atoms with E-state index in [2.05, 4.69) is 10.3 Å². The van der Waals surface area contributed by atoms with Crippen LogP contribution < -0.4 is 5.32 Å². The van der Waals surface area contributed by atoms with E-state index in [1.807, 2.05) is 32.2 Å². The van der Waals surface area contributed by atoms with Crippen LogP contribution in [-0.4, -0.2) is 16.0 Å². The number of hydrogen-bond acceptors (Lipinski definition) is 5. The van der Waals surface area contributed by atoms with Crippen molar-refractivity contribution in [2.45, 2.75) is 39.8 Å². The lowest BCUT2D eigenvalue weighted by Gasteiger charge is -2.12. The summed E-state index contributed by atoms with van der Waals surface area (Å²) in [6.07, 6.45) is 4.10. The molecule has 0 aliphatic carbocycles. The molecular formula is C16H20N2O2S2. The Labute approximate surface area is 138 Å². The third-order valence-corrected chi connectivity index (χ3v) is 5.46. The normalized spacial score (nSPS) is 12.7. The molecule has 4 nitrogen and oxygen atoms in total. The van der Waals surface area contributed by atoms with E-state index in [1.165, 1.54) is 22.3 Å². The first-order valence-corrected chi connectivity index (χ1v) is 8.83. The van der Waals surface area contributed by atoms with E-state index in [1.54, 1.807) is 17.4 Å². The number of hydrogen-bond donors (Lipinski definition) is 2. The summed E-state index contributed by atoms with van der Waals surface area (Å²) in [5.74, 6) is -0.128. The molecule has 0 aromatic carbocycles. The molecule has 0 spiro atoms. The number of carbonyl (C=O) groups excluding carboxylic acids is 1. The molecular weight excluding hydrogens is 316 g/mol. The molecule has 0 fully saturated rings. The molecule has 0 bridgehead atoms. The summed E-state index contributed by atoms with van der Waals surface area (Å²) in [6, 6.07) is 1.82. The zero-order valence-electron chi connectivity index (χ0n) is 12.9. The number of aliphatic hydroxyl groups excluding tert-OH is 1. The maximum absolute atomic E-state index is 12.1. The van der Waals surface area contributed by atoms with Gasteiger partial charge in [0.25, 0.3) is 0 Å². The average Bonchev–Trinajstić information content (AvgIpc) is 3.10. The van der Waals surface area contributed by atoms with Crippen molar-refractivity contribution in [1.29, 1.82) is 0 Å². The predicted molar refractivity (Wildman–Crippen MR) is 92.0 cm³/mol. The number of rotatable bonds is 6. The Balaban J connectivity index is 2.00. The van der Waals surface area contributed by atoms with Gasteiger partial charge in [-0.05, 0) is 43.4 Å². The number of thiazole rings is 1. The summed E-state index contributed by atoms with van der Waals surface area (Å²) >= 11 is 3.14. The minimum atomic E-state index is -0.128. The van der Waals surface area contributed by atoms with Crippen LogP contribution in [0.15, 0.2) is 17.5 Å². The molecule has 2 aromatic rings. The van der Waals surface area contributed by atoms with Crippen molar-refractivity contribution in [2.75, 3.05) is 0 Å². The number of nitrogens with zero attached hydrogens (tertiary/aromatic N) is 1. The van der Waals surface area contributed by atoms with Crippen LogP contribution in [0, 0.1) is 13.8 Å². The third kappa shape index (κ3) is 4.25. The van der Waals surface area contributed by atoms with Gasteiger partial charge in [-0.15, -0.1) is 22.7 Å². The zero-order valence-corrected chi connectivity index (χ0v) is 14.6. The fourth-order valence-electron chi connectivity index (χ4n) is 1.93. The largest absolute Gasteiger partial charge is 0.392 e. The van der Waals surface area contributed by atoms with Crippen molar-refractivity contribution in [2.24, 2.45) is 0 Å². The van der Waals surface area contributed by atoms with Crippen LogP contribution in [0.5, 0.6) is 0 Å². The Morgan fingerprint density at radius 1 is 1.50 bits per heavy atom. The van der Waals surface area contributed by atoms with E-state index in [4.69, 9.17) is 5.11 Å². The van der Waals surface area contributed by atoms with E-state index in [0.29, 0.717) is 0 Å². The van der Waals surface area contributed by atoms with Gasteiger partial charge in [-0.1, -0.05) is 6.92 Å². The summed E-state index contributed by atoms with van der Waals surface area (Å²) in [5, 5.41) is 14.9. The molecule has 1 unspecified atom stereocenters. The average molecular weight is 336 g/mol. The molecule has 0 saturated heterocycles. The number of carbonyl (C=O) groups is 1. The minimum absolute atomic E-state index is 0.0250. The fraction of sp³-hybridized carbons (Fsp3) is 0.375. The lowest BCUT2D eigenvalue weighted by Crippen LogP contribution is -2.26. The highest BCUT2D eigenvalue weighted by molar-refractivity contribution is 7.11. The highest BCUT2D eigenvalue weighted by atomic mass is 32.1. The summed E-state index contributed by atoms with van der Waals surface area (Å²) in [6.45, 7) is 6.09. The van der Waals surface area contributed by atoms with Gasteiger partial charge in [0.1, 0.15) is 5.01 Å². The van der Waals surface area contributed by atoms with E-state index in [-0.39, 0.29) is 18.6 Å². The second kappa shape index (κ2) is 7.67. The standard InChI is InChI=1S/C16H20N2O2S2/c1-4-14(16-17-10(2)11(3)22-16)18-15(20)6-5-13-7-12(8-19)9-21-13/h5-7,9,14,19H,4,8H2,1-3H3,(H,18,20)/b6-5+. The van der Waals surface area contributed by atoms with Crippen molar-refractivity contribution in [3.05, 3.63) is 43.5 Å². The van der Waals surface area contributed by atoms with Crippen molar-refractivity contribution in [1.82, 2.24) is 10.3 Å². The number of nitrogens with one attached hydrogen (secondary N) is 1. The van der Waals surface area contributed by atoms with E-state index < -0.39 is 0 Å². The fourth-order valence-corrected chi connectivity index (χ4v) is 3.78. The molecule has 6 heteroatoms. The molecule has 2 aromatic heterocycles. The smallest absolute Gasteiger partial charge is 0.244 e.